The topological polar surface area (TPSA) is 130 Å². The Labute approximate surface area is 222 Å². The first-order valence-corrected chi connectivity index (χ1v) is 12.6. The highest BCUT2D eigenvalue weighted by Crippen LogP contribution is 2.31. The second-order valence-electron chi connectivity index (χ2n) is 9.61. The lowest BCUT2D eigenvalue weighted by Crippen LogP contribution is -2.48. The Kier molecular flexibility index (Phi) is 6.35. The van der Waals surface area contributed by atoms with Gasteiger partial charge in [0.05, 0.1) is 19.2 Å². The number of carbonyl (C=O) groups is 2. The van der Waals surface area contributed by atoms with Crippen molar-refractivity contribution in [3.8, 4) is 11.5 Å². The Morgan fingerprint density at radius 3 is 2.77 bits per heavy atom. The molecule has 5 heterocycles. The largest absolute Gasteiger partial charge is 0.453 e. The predicted octanol–water partition coefficient (Wildman–Crippen LogP) is 2.66. The number of aromatic nitrogens is 4. The molecule has 202 valence electrons. The van der Waals surface area contributed by atoms with E-state index in [0.717, 1.165) is 31.9 Å². The van der Waals surface area contributed by atoms with Crippen LogP contribution in [0, 0.1) is 12.7 Å². The number of benzene rings is 1. The fraction of sp³-hybridized carbons (Fsp3) is 0.346. The fourth-order valence-electron chi connectivity index (χ4n) is 4.81. The van der Waals surface area contributed by atoms with Gasteiger partial charge in [-0.15, -0.1) is 0 Å². The fourth-order valence-corrected chi connectivity index (χ4v) is 4.81. The summed E-state index contributed by atoms with van der Waals surface area (Å²) in [5.74, 6) is -0.519. The molecule has 13 heteroatoms. The maximum atomic E-state index is 14.9. The van der Waals surface area contributed by atoms with Crippen LogP contribution in [0.25, 0.3) is 17.1 Å². The Morgan fingerprint density at radius 2 is 2.00 bits per heavy atom. The molecule has 2 aliphatic rings. The minimum Gasteiger partial charge on any atom is -0.453 e. The number of amides is 2. The van der Waals surface area contributed by atoms with Gasteiger partial charge in [-0.1, -0.05) is 5.16 Å². The quantitative estimate of drug-likeness (QED) is 0.397. The van der Waals surface area contributed by atoms with Gasteiger partial charge in [-0.05, 0) is 25.1 Å². The molecule has 3 aromatic heterocycles. The van der Waals surface area contributed by atoms with Gasteiger partial charge in [0.25, 0.3) is 11.8 Å². The molecule has 12 nitrogen and oxygen atoms in total. The molecule has 0 atom stereocenters. The van der Waals surface area contributed by atoms with E-state index in [9.17, 15) is 14.0 Å². The molecular formula is C26H27FN8O4. The standard InChI is InChI=1S/C26H27FN8O4/c1-15-19(27)9-16(25-31-23(32-39-25)17-13-34(14-17)26(37)38-2)10-20(15)30-24(36)21-12-29-22-11-18(3-6-35(21)22)33-7-4-28-5-8-33/h3,6,9-12,17,28H,4-5,7-8,13-14H2,1-2H3,(H,30,36). The molecule has 0 aliphatic carbocycles. The zero-order chi connectivity index (χ0) is 27.1. The smallest absolute Gasteiger partial charge is 0.409 e. The van der Waals surface area contributed by atoms with Crippen LogP contribution < -0.4 is 15.5 Å². The van der Waals surface area contributed by atoms with Crippen LogP contribution in [0.5, 0.6) is 0 Å². The third kappa shape index (κ3) is 4.65. The van der Waals surface area contributed by atoms with Crippen LogP contribution >= 0.6 is 0 Å². The van der Waals surface area contributed by atoms with Gasteiger partial charge in [0.1, 0.15) is 17.2 Å². The number of rotatable bonds is 5. The zero-order valence-corrected chi connectivity index (χ0v) is 21.5. The van der Waals surface area contributed by atoms with Crippen LogP contribution in [0.1, 0.15) is 27.8 Å². The summed E-state index contributed by atoms with van der Waals surface area (Å²) in [6.07, 6.45) is 2.91. The van der Waals surface area contributed by atoms with Crippen molar-refractivity contribution in [1.82, 2.24) is 29.7 Å². The number of nitrogens with one attached hydrogen (secondary N) is 2. The molecule has 0 unspecified atom stereocenters. The molecule has 2 amide bonds. The number of nitrogens with zero attached hydrogens (tertiary/aromatic N) is 6. The minimum absolute atomic E-state index is 0.0988. The normalized spacial score (nSPS) is 15.9. The predicted molar refractivity (Wildman–Crippen MR) is 139 cm³/mol. The third-order valence-electron chi connectivity index (χ3n) is 7.17. The number of ether oxygens (including phenoxy) is 1. The van der Waals surface area contributed by atoms with Crippen LogP contribution in [0.15, 0.2) is 41.2 Å². The number of imidazole rings is 1. The van der Waals surface area contributed by atoms with Crippen LogP contribution in [-0.4, -0.2) is 82.8 Å². The van der Waals surface area contributed by atoms with Gasteiger partial charge < -0.3 is 29.7 Å². The Hall–Kier alpha value is -4.52. The monoisotopic (exact) mass is 534 g/mol. The summed E-state index contributed by atoms with van der Waals surface area (Å²) in [6.45, 7) is 6.04. The molecule has 39 heavy (non-hydrogen) atoms. The molecule has 6 rings (SSSR count). The molecular weight excluding hydrogens is 507 g/mol. The van der Waals surface area contributed by atoms with Crippen molar-refractivity contribution < 1.29 is 23.2 Å². The number of methoxy groups -OCH3 is 1. The Bertz CT molecular complexity index is 1550. The van der Waals surface area contributed by atoms with E-state index in [2.05, 4.69) is 30.7 Å². The molecule has 0 saturated carbocycles. The third-order valence-corrected chi connectivity index (χ3v) is 7.17. The lowest BCUT2D eigenvalue weighted by Gasteiger charge is -2.35. The summed E-state index contributed by atoms with van der Waals surface area (Å²) >= 11 is 0. The SMILES string of the molecule is COC(=O)N1CC(c2noc(-c3cc(F)c(C)c(NC(=O)c4cnc5cc(N6CCNCC6)ccn45)c3)n2)C1. The maximum absolute atomic E-state index is 14.9. The van der Waals surface area contributed by atoms with Gasteiger partial charge in [-0.3, -0.25) is 9.20 Å². The molecule has 2 fully saturated rings. The average molecular weight is 535 g/mol. The van der Waals surface area contributed by atoms with E-state index in [1.54, 1.807) is 17.4 Å². The van der Waals surface area contributed by atoms with Crippen LogP contribution in [-0.2, 0) is 4.74 Å². The summed E-state index contributed by atoms with van der Waals surface area (Å²) in [5, 5.41) is 10.1. The van der Waals surface area contributed by atoms with Gasteiger partial charge >= 0.3 is 6.09 Å². The lowest BCUT2D eigenvalue weighted by atomic mass is 10.0. The van der Waals surface area contributed by atoms with Crippen molar-refractivity contribution in [1.29, 1.82) is 0 Å². The Balaban J connectivity index is 1.20. The maximum Gasteiger partial charge on any atom is 0.409 e. The molecule has 2 N–H and O–H groups in total. The van der Waals surface area contributed by atoms with Crippen molar-refractivity contribution in [3.63, 3.8) is 0 Å². The lowest BCUT2D eigenvalue weighted by molar-refractivity contribution is 0.0857. The van der Waals surface area contributed by atoms with Gasteiger partial charge in [-0.2, -0.15) is 4.98 Å². The van der Waals surface area contributed by atoms with Crippen LogP contribution in [0.4, 0.5) is 20.6 Å². The first kappa shape index (κ1) is 24.8. The van der Waals surface area contributed by atoms with E-state index >= 15 is 0 Å². The molecule has 2 aliphatic heterocycles. The molecule has 2 saturated heterocycles. The van der Waals surface area contributed by atoms with E-state index in [1.165, 1.54) is 24.3 Å². The highest BCUT2D eigenvalue weighted by atomic mass is 19.1. The number of carbonyl (C=O) groups excluding carboxylic acids is 2. The first-order valence-electron chi connectivity index (χ1n) is 12.6. The van der Waals surface area contributed by atoms with Gasteiger partial charge in [0.15, 0.2) is 5.82 Å². The average Bonchev–Trinajstić information content (AvgIpc) is 3.58. The first-order chi connectivity index (χ1) is 18.9. The summed E-state index contributed by atoms with van der Waals surface area (Å²) in [7, 11) is 1.32. The van der Waals surface area contributed by atoms with Gasteiger partial charge in [0, 0.05) is 74.0 Å². The number of likely N-dealkylation sites (tertiary alicyclic amines) is 1. The number of anilines is 2. The van der Waals surface area contributed by atoms with E-state index in [0.29, 0.717) is 35.8 Å². The molecule has 0 bridgehead atoms. The summed E-state index contributed by atoms with van der Waals surface area (Å²) in [6, 6.07) is 6.80. The number of hydrogen-bond acceptors (Lipinski definition) is 9. The van der Waals surface area contributed by atoms with Crippen molar-refractivity contribution in [3.05, 3.63) is 59.6 Å². The van der Waals surface area contributed by atoms with E-state index in [1.807, 2.05) is 18.3 Å². The highest BCUT2D eigenvalue weighted by molar-refractivity contribution is 6.04. The summed E-state index contributed by atoms with van der Waals surface area (Å²) < 4.78 is 26.7. The number of halogens is 1. The van der Waals surface area contributed by atoms with E-state index < -0.39 is 17.8 Å². The van der Waals surface area contributed by atoms with Crippen molar-refractivity contribution in [2.75, 3.05) is 56.6 Å². The number of pyridine rings is 1. The minimum atomic E-state index is -0.526. The van der Waals surface area contributed by atoms with Crippen LogP contribution in [0.2, 0.25) is 0 Å². The molecule has 1 aromatic carbocycles. The molecule has 0 spiro atoms. The summed E-state index contributed by atoms with van der Waals surface area (Å²) in [4.78, 5) is 37.4. The van der Waals surface area contributed by atoms with Crippen molar-refractivity contribution in [2.24, 2.45) is 0 Å². The number of hydrogen-bond donors (Lipinski definition) is 2. The number of piperazine rings is 1. The van der Waals surface area contributed by atoms with Crippen molar-refractivity contribution >= 4 is 29.0 Å². The molecule has 0 radical (unpaired) electrons. The number of fused-ring (bicyclic) bond motifs is 1. The zero-order valence-electron chi connectivity index (χ0n) is 21.5. The second kappa shape index (κ2) is 9.98. The van der Waals surface area contributed by atoms with Gasteiger partial charge in [0.2, 0.25) is 0 Å². The molecule has 4 aromatic rings. The summed E-state index contributed by atoms with van der Waals surface area (Å²) in [5.41, 5.74) is 2.90. The Morgan fingerprint density at radius 1 is 1.21 bits per heavy atom. The van der Waals surface area contributed by atoms with E-state index in [-0.39, 0.29) is 23.1 Å². The van der Waals surface area contributed by atoms with Crippen LogP contribution in [0.3, 0.4) is 0 Å². The van der Waals surface area contributed by atoms with Gasteiger partial charge in [-0.25, -0.2) is 14.2 Å². The highest BCUT2D eigenvalue weighted by Gasteiger charge is 2.35. The van der Waals surface area contributed by atoms with E-state index in [4.69, 9.17) is 9.26 Å². The van der Waals surface area contributed by atoms with Crippen molar-refractivity contribution in [2.45, 2.75) is 12.8 Å². The second-order valence-corrected chi connectivity index (χ2v) is 9.61.